The van der Waals surface area contributed by atoms with Crippen molar-refractivity contribution in [2.24, 2.45) is 0 Å². The molecule has 0 atom stereocenters. The Kier molecular flexibility index (Phi) is 5.58. The number of non-ortho nitro benzene ring substituents is 1. The Morgan fingerprint density at radius 3 is 2.75 bits per heavy atom. The minimum atomic E-state index is -0.597. The monoisotopic (exact) mass is 383 g/mol. The first-order chi connectivity index (χ1) is 13.3. The van der Waals surface area contributed by atoms with Crippen LogP contribution in [0.2, 0.25) is 0 Å². The number of benzene rings is 2. The smallest absolute Gasteiger partial charge is 0.407 e. The van der Waals surface area contributed by atoms with E-state index < -0.39 is 10.7 Å². The number of amides is 1. The molecule has 0 saturated carbocycles. The van der Waals surface area contributed by atoms with Crippen LogP contribution in [0.1, 0.15) is 38.2 Å². The van der Waals surface area contributed by atoms with Gasteiger partial charge in [-0.25, -0.2) is 4.79 Å². The van der Waals surface area contributed by atoms with E-state index in [0.29, 0.717) is 17.9 Å². The van der Waals surface area contributed by atoms with Crippen LogP contribution < -0.4 is 11.1 Å². The summed E-state index contributed by atoms with van der Waals surface area (Å²) in [4.78, 5) is 34.5. The van der Waals surface area contributed by atoms with Gasteiger partial charge in [0, 0.05) is 24.7 Å². The number of nitrogens with zero attached hydrogens (tertiary/aromatic N) is 2. The number of aryl methyl sites for hydroxylation is 1. The lowest BCUT2D eigenvalue weighted by atomic mass is 10.0. The largest absolute Gasteiger partial charge is 0.419 e. The van der Waals surface area contributed by atoms with Crippen molar-refractivity contribution >= 4 is 28.4 Å². The lowest BCUT2D eigenvalue weighted by Crippen LogP contribution is -2.17. The molecule has 0 bridgehead atoms. The highest BCUT2D eigenvalue weighted by molar-refractivity contribution is 5.90. The maximum absolute atomic E-state index is 12.2. The third-order valence-electron chi connectivity index (χ3n) is 4.49. The maximum atomic E-state index is 12.2. The molecule has 0 aliphatic rings. The predicted octanol–water partition coefficient (Wildman–Crippen LogP) is 4.05. The molecular formula is C20H21N3O5. The molecule has 8 heteroatoms. The number of anilines is 1. The summed E-state index contributed by atoms with van der Waals surface area (Å²) in [5.41, 5.74) is 2.38. The average Bonchev–Trinajstić information content (AvgIpc) is 2.96. The highest BCUT2D eigenvalue weighted by Crippen LogP contribution is 2.21. The molecule has 0 fully saturated rings. The van der Waals surface area contributed by atoms with Crippen LogP contribution >= 0.6 is 0 Å². The predicted molar refractivity (Wildman–Crippen MR) is 106 cm³/mol. The number of fused-ring (bicyclic) bond motifs is 1. The molecule has 0 unspecified atom stereocenters. The van der Waals surface area contributed by atoms with Gasteiger partial charge in [0.25, 0.3) is 5.69 Å². The quantitative estimate of drug-likeness (QED) is 0.489. The van der Waals surface area contributed by atoms with Crippen molar-refractivity contribution in [3.63, 3.8) is 0 Å². The lowest BCUT2D eigenvalue weighted by Gasteiger charge is -2.09. The number of nitro groups is 1. The van der Waals surface area contributed by atoms with Gasteiger partial charge in [-0.15, -0.1) is 0 Å². The second-order valence-corrected chi connectivity index (χ2v) is 6.86. The molecule has 146 valence electrons. The minimum Gasteiger partial charge on any atom is -0.407 e. The average molecular weight is 383 g/mol. The van der Waals surface area contributed by atoms with Gasteiger partial charge in [0.05, 0.1) is 16.5 Å². The molecule has 0 aliphatic heterocycles. The van der Waals surface area contributed by atoms with E-state index in [9.17, 15) is 19.7 Å². The molecule has 1 N–H and O–H groups in total. The van der Waals surface area contributed by atoms with E-state index in [1.54, 1.807) is 0 Å². The van der Waals surface area contributed by atoms with Gasteiger partial charge in [-0.05, 0) is 36.1 Å². The summed E-state index contributed by atoms with van der Waals surface area (Å²) in [6.45, 7) is 4.45. The molecule has 28 heavy (non-hydrogen) atoms. The van der Waals surface area contributed by atoms with Crippen LogP contribution in [0.15, 0.2) is 51.7 Å². The van der Waals surface area contributed by atoms with Gasteiger partial charge in [0.15, 0.2) is 5.58 Å². The molecule has 3 rings (SSSR count). The van der Waals surface area contributed by atoms with Crippen molar-refractivity contribution in [3.05, 3.63) is 68.7 Å². The van der Waals surface area contributed by atoms with Crippen LogP contribution in [0.4, 0.5) is 11.4 Å². The Morgan fingerprint density at radius 1 is 1.25 bits per heavy atom. The van der Waals surface area contributed by atoms with Crippen LogP contribution in [0.25, 0.3) is 11.1 Å². The Morgan fingerprint density at radius 2 is 2.04 bits per heavy atom. The topological polar surface area (TPSA) is 107 Å². The first-order valence-electron chi connectivity index (χ1n) is 9.03. The van der Waals surface area contributed by atoms with E-state index >= 15 is 0 Å². The third kappa shape index (κ3) is 4.28. The summed E-state index contributed by atoms with van der Waals surface area (Å²) < 4.78 is 6.46. The van der Waals surface area contributed by atoms with Crippen molar-refractivity contribution < 1.29 is 14.1 Å². The number of oxazole rings is 1. The van der Waals surface area contributed by atoms with Crippen molar-refractivity contribution in [1.82, 2.24) is 4.57 Å². The van der Waals surface area contributed by atoms with Gasteiger partial charge < -0.3 is 9.73 Å². The van der Waals surface area contributed by atoms with Gasteiger partial charge >= 0.3 is 5.76 Å². The molecule has 0 aliphatic carbocycles. The SMILES string of the molecule is CC(C)c1cccc(NC(=O)CCCn2c(=O)oc3cc([N+](=O)[O-])ccc32)c1. The number of hydrogen-bond donors (Lipinski definition) is 1. The summed E-state index contributed by atoms with van der Waals surface area (Å²) in [5.74, 6) is -0.369. The third-order valence-corrected chi connectivity index (χ3v) is 4.49. The molecule has 1 amide bonds. The van der Waals surface area contributed by atoms with E-state index in [1.165, 1.54) is 22.8 Å². The number of hydrogen-bond acceptors (Lipinski definition) is 5. The normalized spacial score (nSPS) is 11.1. The van der Waals surface area contributed by atoms with Crippen LogP contribution in [0.5, 0.6) is 0 Å². The number of carbonyl (C=O) groups excluding carboxylic acids is 1. The van der Waals surface area contributed by atoms with Crippen molar-refractivity contribution in [2.75, 3.05) is 5.32 Å². The number of nitrogens with one attached hydrogen (secondary N) is 1. The Balaban J connectivity index is 1.62. The number of carbonyl (C=O) groups is 1. The number of nitro benzene ring substituents is 1. The zero-order valence-corrected chi connectivity index (χ0v) is 15.7. The summed E-state index contributed by atoms with van der Waals surface area (Å²) in [6.07, 6.45) is 0.666. The molecule has 1 heterocycles. The molecule has 0 saturated heterocycles. The maximum Gasteiger partial charge on any atom is 0.419 e. The van der Waals surface area contributed by atoms with E-state index in [1.807, 2.05) is 24.3 Å². The highest BCUT2D eigenvalue weighted by atomic mass is 16.6. The fourth-order valence-electron chi connectivity index (χ4n) is 2.98. The summed E-state index contributed by atoms with van der Waals surface area (Å²) in [5, 5.41) is 13.7. The van der Waals surface area contributed by atoms with E-state index in [4.69, 9.17) is 4.42 Å². The number of aromatic nitrogens is 1. The molecule has 1 aromatic heterocycles. The van der Waals surface area contributed by atoms with E-state index in [-0.39, 0.29) is 30.1 Å². The van der Waals surface area contributed by atoms with E-state index in [0.717, 1.165) is 11.3 Å². The van der Waals surface area contributed by atoms with Crippen LogP contribution in [-0.2, 0) is 11.3 Å². The molecule has 2 aromatic carbocycles. The van der Waals surface area contributed by atoms with Crippen LogP contribution in [0.3, 0.4) is 0 Å². The van der Waals surface area contributed by atoms with Gasteiger partial charge in [-0.2, -0.15) is 0 Å². The minimum absolute atomic E-state index is 0.141. The fraction of sp³-hybridized carbons (Fsp3) is 0.300. The highest BCUT2D eigenvalue weighted by Gasteiger charge is 2.14. The molecule has 8 nitrogen and oxygen atoms in total. The van der Waals surface area contributed by atoms with Crippen molar-refractivity contribution in [3.8, 4) is 0 Å². The van der Waals surface area contributed by atoms with Gasteiger partial charge in [0.1, 0.15) is 0 Å². The second kappa shape index (κ2) is 8.08. The molecule has 0 radical (unpaired) electrons. The summed E-state index contributed by atoms with van der Waals surface area (Å²) >= 11 is 0. The van der Waals surface area contributed by atoms with Crippen molar-refractivity contribution in [2.45, 2.75) is 39.2 Å². The van der Waals surface area contributed by atoms with Gasteiger partial charge in [0.2, 0.25) is 5.91 Å². The summed E-state index contributed by atoms with van der Waals surface area (Å²) in [7, 11) is 0. The van der Waals surface area contributed by atoms with E-state index in [2.05, 4.69) is 19.2 Å². The first kappa shape index (κ1) is 19.3. The summed E-state index contributed by atoms with van der Waals surface area (Å²) in [6, 6.07) is 11.7. The standard InChI is InChI=1S/C20H21N3O5/c1-13(2)14-5-3-6-15(11-14)21-19(24)7-4-10-22-17-9-8-16(23(26)27)12-18(17)28-20(22)25/h3,5-6,8-9,11-13H,4,7,10H2,1-2H3,(H,21,24). The fourth-order valence-corrected chi connectivity index (χ4v) is 2.98. The zero-order valence-electron chi connectivity index (χ0n) is 15.7. The second-order valence-electron chi connectivity index (χ2n) is 6.86. The molecule has 0 spiro atoms. The Labute approximate surface area is 160 Å². The first-order valence-corrected chi connectivity index (χ1v) is 9.03. The van der Waals surface area contributed by atoms with Crippen molar-refractivity contribution in [1.29, 1.82) is 0 Å². The molecule has 3 aromatic rings. The van der Waals surface area contributed by atoms with Gasteiger partial charge in [-0.1, -0.05) is 26.0 Å². The lowest BCUT2D eigenvalue weighted by molar-refractivity contribution is -0.384. The Bertz CT molecular complexity index is 1080. The molecular weight excluding hydrogens is 362 g/mol. The van der Waals surface area contributed by atoms with Gasteiger partial charge in [-0.3, -0.25) is 19.5 Å². The zero-order chi connectivity index (χ0) is 20.3. The number of rotatable bonds is 7. The Hall–Kier alpha value is -3.42. The van der Waals surface area contributed by atoms with Crippen LogP contribution in [-0.4, -0.2) is 15.4 Å². The van der Waals surface area contributed by atoms with Crippen LogP contribution in [0, 0.1) is 10.1 Å².